The Kier molecular flexibility index (Phi) is 9.76. The molecule has 164 valence electrons. The van der Waals surface area contributed by atoms with Crippen LogP contribution in [0.3, 0.4) is 0 Å². The third-order valence-corrected chi connectivity index (χ3v) is 4.57. The first kappa shape index (κ1) is 24.6. The van der Waals surface area contributed by atoms with E-state index in [4.69, 9.17) is 9.84 Å². The number of amides is 3. The van der Waals surface area contributed by atoms with Crippen LogP contribution in [0.5, 0.6) is 0 Å². The molecule has 4 N–H and O–H groups in total. The largest absolute Gasteiger partial charge is 0.442 e. The first-order valence-electron chi connectivity index (χ1n) is 9.46. The van der Waals surface area contributed by atoms with E-state index in [2.05, 4.69) is 22.5 Å². The number of carbonyl (C=O) groups excluding carboxylic acids is 3. The van der Waals surface area contributed by atoms with Gasteiger partial charge in [-0.2, -0.15) is 0 Å². The molecule has 29 heavy (non-hydrogen) atoms. The summed E-state index contributed by atoms with van der Waals surface area (Å²) in [5.41, 5.74) is -0.660. The summed E-state index contributed by atoms with van der Waals surface area (Å²) < 4.78 is 19.4. The molecule has 0 radical (unpaired) electrons. The van der Waals surface area contributed by atoms with Gasteiger partial charge in [0, 0.05) is 19.2 Å². The summed E-state index contributed by atoms with van der Waals surface area (Å²) in [5, 5.41) is 16.8. The molecule has 1 saturated heterocycles. The number of carbonyl (C=O) groups is 3. The Morgan fingerprint density at radius 1 is 1.45 bits per heavy atom. The predicted molar refractivity (Wildman–Crippen MR) is 106 cm³/mol. The molecule has 1 rings (SSSR count). The number of halogens is 1. The smallest absolute Gasteiger partial charge is 0.414 e. The van der Waals surface area contributed by atoms with Gasteiger partial charge in [0.2, 0.25) is 11.8 Å². The van der Waals surface area contributed by atoms with Gasteiger partial charge < -0.3 is 25.8 Å². The monoisotopic (exact) mass is 414 g/mol. The minimum Gasteiger partial charge on any atom is -0.442 e. The number of rotatable bonds is 12. The van der Waals surface area contributed by atoms with Gasteiger partial charge in [0.15, 0.2) is 0 Å². The highest BCUT2D eigenvalue weighted by atomic mass is 19.1. The van der Waals surface area contributed by atoms with Crippen molar-refractivity contribution in [1.82, 2.24) is 20.9 Å². The molecule has 2 unspecified atom stereocenters. The fourth-order valence-corrected chi connectivity index (χ4v) is 2.54. The number of cyclic esters (lactones) is 1. The maximum atomic E-state index is 14.2. The summed E-state index contributed by atoms with van der Waals surface area (Å²) in [6, 6.07) is 0. The molecule has 0 aliphatic carbocycles. The number of hydrogen-bond donors (Lipinski definition) is 4. The maximum absolute atomic E-state index is 14.2. The van der Waals surface area contributed by atoms with E-state index >= 15 is 0 Å². The van der Waals surface area contributed by atoms with Crippen molar-refractivity contribution in [2.24, 2.45) is 0 Å². The van der Waals surface area contributed by atoms with Gasteiger partial charge >= 0.3 is 6.09 Å². The highest BCUT2D eigenvalue weighted by Crippen LogP contribution is 2.20. The van der Waals surface area contributed by atoms with Crippen molar-refractivity contribution in [3.63, 3.8) is 0 Å². The third kappa shape index (κ3) is 8.20. The van der Waals surface area contributed by atoms with Gasteiger partial charge in [-0.25, -0.2) is 9.18 Å². The van der Waals surface area contributed by atoms with E-state index in [0.29, 0.717) is 25.2 Å². The van der Waals surface area contributed by atoms with Crippen molar-refractivity contribution >= 4 is 17.9 Å². The van der Waals surface area contributed by atoms with Crippen LogP contribution in [-0.2, 0) is 14.3 Å². The standard InChI is InChI=1S/C19H31FN4O5/c1-13(24-11-16(29-18(24)28)10-22-15(3)26)6-7-19(4,14(2)20)23-9-5-8-21-17(27)12-25/h6-7,14,16,23,25H,1,5,8-12H2,2-4H3,(H,21,27)(H,22,26)/b7-6-/t14?,16-,19?/m0/s1. The average Bonchev–Trinajstić information content (AvgIpc) is 3.04. The molecule has 0 aromatic rings. The summed E-state index contributed by atoms with van der Waals surface area (Å²) in [5.74, 6) is -0.676. The molecule has 1 aliphatic heterocycles. The first-order valence-corrected chi connectivity index (χ1v) is 9.46. The Labute approximate surface area is 170 Å². The molecule has 1 fully saturated rings. The van der Waals surface area contributed by atoms with Crippen molar-refractivity contribution in [2.45, 2.75) is 45.0 Å². The van der Waals surface area contributed by atoms with Crippen LogP contribution < -0.4 is 16.0 Å². The number of allylic oxidation sites excluding steroid dienone is 1. The molecular weight excluding hydrogens is 383 g/mol. The van der Waals surface area contributed by atoms with E-state index < -0.39 is 36.4 Å². The summed E-state index contributed by atoms with van der Waals surface area (Å²) in [7, 11) is 0. The van der Waals surface area contributed by atoms with Gasteiger partial charge in [0.25, 0.3) is 0 Å². The predicted octanol–water partition coefficient (Wildman–Crippen LogP) is 0.218. The number of nitrogens with one attached hydrogen (secondary N) is 3. The number of ether oxygens (including phenoxy) is 1. The molecule has 3 atom stereocenters. The molecular formula is C19H31FN4O5. The van der Waals surface area contributed by atoms with E-state index in [1.807, 2.05) is 0 Å². The van der Waals surface area contributed by atoms with Crippen LogP contribution in [0.1, 0.15) is 27.2 Å². The fraction of sp³-hybridized carbons (Fsp3) is 0.632. The number of nitrogens with zero attached hydrogens (tertiary/aromatic N) is 1. The van der Waals surface area contributed by atoms with Crippen molar-refractivity contribution in [3.05, 3.63) is 24.4 Å². The quantitative estimate of drug-likeness (QED) is 0.268. The summed E-state index contributed by atoms with van der Waals surface area (Å²) in [6.45, 7) is 8.98. The maximum Gasteiger partial charge on any atom is 0.414 e. The lowest BCUT2D eigenvalue weighted by atomic mass is 9.95. The van der Waals surface area contributed by atoms with E-state index in [9.17, 15) is 18.8 Å². The lowest BCUT2D eigenvalue weighted by molar-refractivity contribution is -0.123. The van der Waals surface area contributed by atoms with Crippen LogP contribution in [0, 0.1) is 0 Å². The van der Waals surface area contributed by atoms with Gasteiger partial charge in [-0.1, -0.05) is 12.7 Å². The molecule has 0 bridgehead atoms. The van der Waals surface area contributed by atoms with Crippen molar-refractivity contribution in [2.75, 3.05) is 32.8 Å². The second kappa shape index (κ2) is 11.5. The van der Waals surface area contributed by atoms with Gasteiger partial charge in [0.05, 0.1) is 18.6 Å². The zero-order valence-corrected chi connectivity index (χ0v) is 17.2. The normalized spacial score (nSPS) is 19.6. The van der Waals surface area contributed by atoms with Gasteiger partial charge in [0.1, 0.15) is 18.9 Å². The zero-order valence-electron chi connectivity index (χ0n) is 17.2. The van der Waals surface area contributed by atoms with Crippen LogP contribution in [0.15, 0.2) is 24.4 Å². The molecule has 1 aliphatic rings. The molecule has 9 nitrogen and oxygen atoms in total. The zero-order chi connectivity index (χ0) is 22.0. The summed E-state index contributed by atoms with van der Waals surface area (Å²) >= 11 is 0. The first-order chi connectivity index (χ1) is 13.6. The Balaban J connectivity index is 2.58. The topological polar surface area (TPSA) is 120 Å². The van der Waals surface area contributed by atoms with Crippen LogP contribution in [0.2, 0.25) is 0 Å². The lowest BCUT2D eigenvalue weighted by Crippen LogP contribution is -2.48. The molecule has 0 saturated carbocycles. The van der Waals surface area contributed by atoms with E-state index in [1.165, 1.54) is 18.7 Å². The van der Waals surface area contributed by atoms with E-state index in [-0.39, 0.29) is 19.0 Å². The summed E-state index contributed by atoms with van der Waals surface area (Å²) in [6.07, 6.45) is 1.41. The number of aliphatic hydroxyl groups is 1. The highest BCUT2D eigenvalue weighted by molar-refractivity contribution is 5.76. The Morgan fingerprint density at radius 2 is 2.14 bits per heavy atom. The fourth-order valence-electron chi connectivity index (χ4n) is 2.54. The van der Waals surface area contributed by atoms with E-state index in [0.717, 1.165) is 0 Å². The highest BCUT2D eigenvalue weighted by Gasteiger charge is 2.33. The molecule has 3 amide bonds. The van der Waals surface area contributed by atoms with Gasteiger partial charge in [-0.3, -0.25) is 14.5 Å². The number of alkyl halides is 1. The molecule has 0 aromatic carbocycles. The van der Waals surface area contributed by atoms with Crippen molar-refractivity contribution in [3.8, 4) is 0 Å². The molecule has 0 spiro atoms. The average molecular weight is 414 g/mol. The van der Waals surface area contributed by atoms with Gasteiger partial charge in [-0.05, 0) is 32.9 Å². The van der Waals surface area contributed by atoms with Crippen molar-refractivity contribution < 1.29 is 28.6 Å². The molecule has 0 aromatic heterocycles. The Morgan fingerprint density at radius 3 is 2.72 bits per heavy atom. The van der Waals surface area contributed by atoms with Crippen LogP contribution >= 0.6 is 0 Å². The van der Waals surface area contributed by atoms with Crippen LogP contribution in [0.25, 0.3) is 0 Å². The van der Waals surface area contributed by atoms with Gasteiger partial charge in [-0.15, -0.1) is 0 Å². The summed E-state index contributed by atoms with van der Waals surface area (Å²) in [4.78, 5) is 35.3. The second-order valence-corrected chi connectivity index (χ2v) is 7.07. The second-order valence-electron chi connectivity index (χ2n) is 7.07. The van der Waals surface area contributed by atoms with Crippen LogP contribution in [-0.4, -0.2) is 78.5 Å². The minimum absolute atomic E-state index is 0.210. The molecule has 1 heterocycles. The number of aliphatic hydroxyl groups excluding tert-OH is 1. The van der Waals surface area contributed by atoms with Crippen LogP contribution in [0.4, 0.5) is 9.18 Å². The third-order valence-electron chi connectivity index (χ3n) is 4.57. The van der Waals surface area contributed by atoms with E-state index in [1.54, 1.807) is 19.1 Å². The Bertz CT molecular complexity index is 640. The number of hydrogen-bond acceptors (Lipinski definition) is 6. The minimum atomic E-state index is -1.24. The lowest BCUT2D eigenvalue weighted by Gasteiger charge is -2.30. The van der Waals surface area contributed by atoms with Crippen molar-refractivity contribution in [1.29, 1.82) is 0 Å². The Hall–Kier alpha value is -2.46. The molecule has 10 heteroatoms. The SMILES string of the molecule is C=C(/C=C\C(C)(NCCCNC(=O)CO)C(C)F)N1C[C@H](CNC(C)=O)OC1=O.